The van der Waals surface area contributed by atoms with Crippen molar-refractivity contribution in [3.8, 4) is 0 Å². The van der Waals surface area contributed by atoms with Crippen LogP contribution in [0.4, 0.5) is 0 Å². The molecule has 0 aromatic rings. The first-order chi connectivity index (χ1) is 6.74. The van der Waals surface area contributed by atoms with Gasteiger partial charge < -0.3 is 4.65 Å². The van der Waals surface area contributed by atoms with E-state index in [1.54, 1.807) is 0 Å². The van der Waals surface area contributed by atoms with Crippen LogP contribution in [0.5, 0.6) is 0 Å². The molecule has 86 valence electrons. The number of rotatable bonds is 9. The van der Waals surface area contributed by atoms with Crippen LogP contribution in [-0.2, 0) is 4.65 Å². The molecule has 0 amide bonds. The Hall–Kier alpha value is 1.02. The molecule has 0 saturated carbocycles. The molecule has 0 bridgehead atoms. The predicted molar refractivity (Wildman–Crippen MR) is 67.3 cm³/mol. The van der Waals surface area contributed by atoms with Crippen LogP contribution < -0.4 is 29.6 Å². The van der Waals surface area contributed by atoms with Gasteiger partial charge in [0.1, 0.15) is 6.35 Å². The molecule has 0 aliphatic heterocycles. The first-order valence-corrected chi connectivity index (χ1v) is 6.58. The molecule has 1 nitrogen and oxygen atoms in total. The first-order valence-electron chi connectivity index (χ1n) is 6.58. The zero-order valence-electron chi connectivity index (χ0n) is 11.6. The van der Waals surface area contributed by atoms with Gasteiger partial charge in [0.05, 0.1) is 0 Å². The molecule has 0 aromatic carbocycles. The van der Waals surface area contributed by atoms with Gasteiger partial charge >= 0.3 is 29.6 Å². The van der Waals surface area contributed by atoms with Crippen LogP contribution in [0.2, 0.25) is 19.0 Å². The van der Waals surface area contributed by atoms with Gasteiger partial charge in [-0.15, -0.1) is 0 Å². The molecule has 3 heteroatoms. The van der Waals surface area contributed by atoms with Crippen molar-refractivity contribution in [2.75, 3.05) is 6.61 Å². The van der Waals surface area contributed by atoms with Gasteiger partial charge in [0, 0.05) is 0 Å². The molecule has 0 atom stereocenters. The maximum absolute atomic E-state index is 6.09. The average molecular weight is 222 g/mol. The third kappa shape index (κ3) is 7.85. The van der Waals surface area contributed by atoms with E-state index in [1.165, 1.54) is 44.6 Å². The van der Waals surface area contributed by atoms with Gasteiger partial charge in [0.25, 0.3) is 0 Å². The van der Waals surface area contributed by atoms with Gasteiger partial charge in [-0.25, -0.2) is 0 Å². The Kier molecular flexibility index (Phi) is 14.1. The summed E-state index contributed by atoms with van der Waals surface area (Å²) in [4.78, 5) is 0. The van der Waals surface area contributed by atoms with E-state index in [2.05, 4.69) is 27.7 Å². The Labute approximate surface area is 119 Å². The summed E-state index contributed by atoms with van der Waals surface area (Å²) < 4.78 is 6.09. The molecule has 0 radical (unpaired) electrons. The summed E-state index contributed by atoms with van der Waals surface area (Å²) in [5.41, 5.74) is 0. The summed E-state index contributed by atoms with van der Waals surface area (Å²) in [5, 5.41) is 0. The van der Waals surface area contributed by atoms with E-state index >= 15 is 0 Å². The zero-order chi connectivity index (χ0) is 10.9. The van der Waals surface area contributed by atoms with Crippen LogP contribution in [0.25, 0.3) is 0 Å². The van der Waals surface area contributed by atoms with E-state index < -0.39 is 6.35 Å². The summed E-state index contributed by atoms with van der Waals surface area (Å²) in [6.07, 6.45) is 8.39. The molecule has 0 spiro atoms. The van der Waals surface area contributed by atoms with E-state index in [1.807, 2.05) is 0 Å². The van der Waals surface area contributed by atoms with Crippen LogP contribution >= 0.6 is 0 Å². The normalized spacial score (nSPS) is 11.2. The quantitative estimate of drug-likeness (QED) is 0.425. The van der Waals surface area contributed by atoms with Crippen molar-refractivity contribution in [3.63, 3.8) is 0 Å². The third-order valence-corrected chi connectivity index (χ3v) is 3.70. The first kappa shape index (κ1) is 18.4. The second kappa shape index (κ2) is 11.5. The fraction of sp³-hybridized carbons (Fsp3) is 1.00. The third-order valence-electron chi connectivity index (χ3n) is 3.70. The topological polar surface area (TPSA) is 9.23 Å². The molecule has 0 rings (SSSR count). The van der Waals surface area contributed by atoms with Gasteiger partial charge in [-0.3, -0.25) is 0 Å². The van der Waals surface area contributed by atoms with E-state index in [-0.39, 0.29) is 29.6 Å². The molecule has 0 aromatic heterocycles. The maximum atomic E-state index is 6.09. The van der Waals surface area contributed by atoms with E-state index in [0.717, 1.165) is 6.61 Å². The number of hydrogen-bond acceptors (Lipinski definition) is 1. The minimum absolute atomic E-state index is 0. The van der Waals surface area contributed by atoms with Crippen molar-refractivity contribution in [1.29, 1.82) is 0 Å². The molecule has 0 heterocycles. The second-order valence-corrected chi connectivity index (χ2v) is 4.52. The molecule has 0 aliphatic rings. The molecular weight excluding hydrogens is 194 g/mol. The largest absolute Gasteiger partial charge is 1.00 e. The minimum Gasteiger partial charge on any atom is -0.590 e. The molecular formula is C12H28BNaO. The van der Waals surface area contributed by atoms with Crippen molar-refractivity contribution < 1.29 is 34.2 Å². The summed E-state index contributed by atoms with van der Waals surface area (Å²) in [7, 11) is 0. The molecule has 0 N–H and O–H groups in total. The van der Waals surface area contributed by atoms with Crippen LogP contribution in [0.15, 0.2) is 0 Å². The number of unbranched alkanes of at least 4 members (excludes halogenated alkanes) is 3. The smallest absolute Gasteiger partial charge is 0.590 e. The fourth-order valence-corrected chi connectivity index (χ4v) is 2.08. The van der Waals surface area contributed by atoms with Gasteiger partial charge in [-0.1, -0.05) is 47.0 Å². The zero-order valence-corrected chi connectivity index (χ0v) is 13.6. The van der Waals surface area contributed by atoms with Gasteiger partial charge in [-0.05, 0) is 13.0 Å². The van der Waals surface area contributed by atoms with Gasteiger partial charge in [-0.2, -0.15) is 19.0 Å². The van der Waals surface area contributed by atoms with E-state index in [4.69, 9.17) is 4.65 Å². The van der Waals surface area contributed by atoms with E-state index in [0.29, 0.717) is 0 Å². The molecule has 0 saturated heterocycles. The maximum Gasteiger partial charge on any atom is 1.00 e. The van der Waals surface area contributed by atoms with Gasteiger partial charge in [0.2, 0.25) is 0 Å². The van der Waals surface area contributed by atoms with Crippen LogP contribution in [0.1, 0.15) is 53.4 Å². The SMILES string of the molecule is CCCCCCO[B-](CC)(CC)CC.[Na+]. The van der Waals surface area contributed by atoms with Crippen molar-refractivity contribution in [2.45, 2.75) is 72.3 Å². The van der Waals surface area contributed by atoms with Gasteiger partial charge in [0.15, 0.2) is 0 Å². The van der Waals surface area contributed by atoms with Crippen LogP contribution in [0, 0.1) is 0 Å². The Bertz CT molecular complexity index is 119. The molecule has 0 fully saturated rings. The Balaban J connectivity index is 0. The Morgan fingerprint density at radius 1 is 0.800 bits per heavy atom. The monoisotopic (exact) mass is 222 g/mol. The Morgan fingerprint density at radius 3 is 1.73 bits per heavy atom. The standard InChI is InChI=1S/C12H28BO.Na/c1-5-9-10-11-12-14-13(6-2,7-3)8-4;/h5-12H2,1-4H3;/q-1;+1. The average Bonchev–Trinajstić information content (AvgIpc) is 2.24. The second-order valence-electron chi connectivity index (χ2n) is 4.52. The van der Waals surface area contributed by atoms with Crippen LogP contribution in [-0.4, -0.2) is 13.0 Å². The number of hydrogen-bond donors (Lipinski definition) is 0. The van der Waals surface area contributed by atoms with Crippen molar-refractivity contribution >= 4 is 6.35 Å². The van der Waals surface area contributed by atoms with Crippen molar-refractivity contribution in [2.24, 2.45) is 0 Å². The molecule has 0 unspecified atom stereocenters. The van der Waals surface area contributed by atoms with Crippen LogP contribution in [0.3, 0.4) is 0 Å². The summed E-state index contributed by atoms with van der Waals surface area (Å²) in [5.74, 6) is 0. The molecule has 15 heavy (non-hydrogen) atoms. The summed E-state index contributed by atoms with van der Waals surface area (Å²) >= 11 is 0. The van der Waals surface area contributed by atoms with Crippen molar-refractivity contribution in [3.05, 3.63) is 0 Å². The summed E-state index contributed by atoms with van der Waals surface area (Å²) in [6.45, 7) is 10.0. The molecule has 0 aliphatic carbocycles. The fourth-order valence-electron chi connectivity index (χ4n) is 2.08. The minimum atomic E-state index is -0.480. The summed E-state index contributed by atoms with van der Waals surface area (Å²) in [6, 6.07) is 0. The predicted octanol–water partition coefficient (Wildman–Crippen LogP) is 1.59. The van der Waals surface area contributed by atoms with E-state index in [9.17, 15) is 0 Å². The van der Waals surface area contributed by atoms with Crippen molar-refractivity contribution in [1.82, 2.24) is 0 Å². The Morgan fingerprint density at radius 2 is 1.33 bits per heavy atom.